The van der Waals surface area contributed by atoms with E-state index in [2.05, 4.69) is 36.9 Å². The van der Waals surface area contributed by atoms with Gasteiger partial charge in [-0.2, -0.15) is 0 Å². The lowest BCUT2D eigenvalue weighted by Gasteiger charge is -2.19. The molecule has 0 fully saturated rings. The van der Waals surface area contributed by atoms with Crippen molar-refractivity contribution in [2.45, 2.75) is 0 Å². The van der Waals surface area contributed by atoms with Crippen molar-refractivity contribution in [2.75, 3.05) is 4.90 Å². The molecule has 138 valence electrons. The summed E-state index contributed by atoms with van der Waals surface area (Å²) in [6, 6.07) is 21.0. The van der Waals surface area contributed by atoms with E-state index in [4.69, 9.17) is 0 Å². The first-order valence-corrected chi connectivity index (χ1v) is 10.0. The molecule has 0 spiro atoms. The van der Waals surface area contributed by atoms with Crippen molar-refractivity contribution < 1.29 is 9.18 Å². The van der Waals surface area contributed by atoms with E-state index in [1.807, 2.05) is 48.5 Å². The molecule has 0 unspecified atom stereocenters. The van der Waals surface area contributed by atoms with Gasteiger partial charge in [0.15, 0.2) is 0 Å². The second-order valence-electron chi connectivity index (χ2n) is 6.11. The average molecular weight is 500 g/mol. The summed E-state index contributed by atoms with van der Waals surface area (Å²) < 4.78 is 15.2. The normalized spacial score (nSPS) is 15.2. The van der Waals surface area contributed by atoms with Crippen molar-refractivity contribution >= 4 is 55.4 Å². The van der Waals surface area contributed by atoms with E-state index in [1.54, 1.807) is 18.2 Å². The smallest absolute Gasteiger partial charge is 0.266 e. The van der Waals surface area contributed by atoms with Gasteiger partial charge < -0.3 is 0 Å². The van der Waals surface area contributed by atoms with Gasteiger partial charge >= 0.3 is 0 Å². The van der Waals surface area contributed by atoms with E-state index in [1.165, 1.54) is 17.0 Å². The summed E-state index contributed by atoms with van der Waals surface area (Å²) >= 11 is 6.93. The predicted octanol–water partition coefficient (Wildman–Crippen LogP) is 6.19. The highest BCUT2D eigenvalue weighted by Crippen LogP contribution is 2.30. The highest BCUT2D eigenvalue weighted by atomic mass is 79.9. The molecule has 0 saturated heterocycles. The Kier molecular flexibility index (Phi) is 5.24. The van der Waals surface area contributed by atoms with Gasteiger partial charge in [-0.1, -0.05) is 62.2 Å². The van der Waals surface area contributed by atoms with E-state index >= 15 is 0 Å². The molecule has 1 amide bonds. The van der Waals surface area contributed by atoms with Crippen molar-refractivity contribution in [1.82, 2.24) is 0 Å². The summed E-state index contributed by atoms with van der Waals surface area (Å²) in [4.78, 5) is 19.3. The fourth-order valence-electron chi connectivity index (χ4n) is 2.89. The number of amides is 1. The van der Waals surface area contributed by atoms with Crippen LogP contribution in [-0.2, 0) is 4.79 Å². The summed E-state index contributed by atoms with van der Waals surface area (Å²) in [5, 5.41) is 0. The van der Waals surface area contributed by atoms with Gasteiger partial charge in [-0.05, 0) is 54.1 Å². The van der Waals surface area contributed by atoms with Gasteiger partial charge in [0.05, 0.1) is 5.69 Å². The van der Waals surface area contributed by atoms with Gasteiger partial charge in [-0.3, -0.25) is 9.69 Å². The molecule has 6 heteroatoms. The maximum absolute atomic E-state index is 13.4. The Morgan fingerprint density at radius 1 is 0.893 bits per heavy atom. The average Bonchev–Trinajstić information content (AvgIpc) is 3.01. The molecule has 0 atom stereocenters. The first-order chi connectivity index (χ1) is 13.5. The van der Waals surface area contributed by atoms with E-state index in [0.29, 0.717) is 17.2 Å². The van der Waals surface area contributed by atoms with Gasteiger partial charge in [0.25, 0.3) is 5.91 Å². The number of hydrogen-bond acceptors (Lipinski definition) is 2. The van der Waals surface area contributed by atoms with Crippen LogP contribution in [0.3, 0.4) is 0 Å². The molecule has 3 aromatic carbocycles. The first-order valence-electron chi connectivity index (χ1n) is 8.44. The van der Waals surface area contributed by atoms with Crippen LogP contribution in [0, 0.1) is 5.82 Å². The minimum atomic E-state index is -0.361. The third-order valence-corrected chi connectivity index (χ3v) is 5.45. The number of amidine groups is 1. The highest BCUT2D eigenvalue weighted by molar-refractivity contribution is 9.10. The van der Waals surface area contributed by atoms with E-state index in [9.17, 15) is 9.18 Å². The zero-order chi connectivity index (χ0) is 19.7. The number of nitrogens with zero attached hydrogens (tertiary/aromatic N) is 2. The molecule has 0 bridgehead atoms. The zero-order valence-electron chi connectivity index (χ0n) is 14.4. The van der Waals surface area contributed by atoms with Crippen LogP contribution < -0.4 is 4.90 Å². The lowest BCUT2D eigenvalue weighted by molar-refractivity contribution is -0.113. The van der Waals surface area contributed by atoms with Crippen LogP contribution in [0.25, 0.3) is 6.08 Å². The molecular weight excluding hydrogens is 487 g/mol. The van der Waals surface area contributed by atoms with Crippen LogP contribution in [-0.4, -0.2) is 11.7 Å². The fourth-order valence-corrected chi connectivity index (χ4v) is 3.61. The highest BCUT2D eigenvalue weighted by Gasteiger charge is 2.33. The van der Waals surface area contributed by atoms with Crippen molar-refractivity contribution in [3.8, 4) is 0 Å². The minimum absolute atomic E-state index is 0.264. The van der Waals surface area contributed by atoms with E-state index in [0.717, 1.165) is 20.1 Å². The summed E-state index contributed by atoms with van der Waals surface area (Å²) in [5.74, 6) is -0.131. The Labute approximate surface area is 178 Å². The summed E-state index contributed by atoms with van der Waals surface area (Å²) in [5.41, 5.74) is 2.51. The third-order valence-electron chi connectivity index (χ3n) is 4.23. The number of rotatable bonds is 3. The standard InChI is InChI=1S/C22H13Br2FN2O/c23-15-7-5-14(6-8-15)13-20-22(28)27(17-11-9-16(25)10-12-17)21(26-20)18-3-1-2-4-19(18)24/h1-13H/b20-13+. The molecule has 28 heavy (non-hydrogen) atoms. The van der Waals surface area contributed by atoms with E-state index < -0.39 is 0 Å². The molecule has 4 rings (SSSR count). The molecule has 1 aliphatic heterocycles. The van der Waals surface area contributed by atoms with Crippen LogP contribution in [0.5, 0.6) is 0 Å². The number of benzene rings is 3. The Morgan fingerprint density at radius 2 is 1.57 bits per heavy atom. The predicted molar refractivity (Wildman–Crippen MR) is 117 cm³/mol. The molecule has 0 aliphatic carbocycles. The zero-order valence-corrected chi connectivity index (χ0v) is 17.6. The second kappa shape index (κ2) is 7.81. The molecule has 3 nitrogen and oxygen atoms in total. The van der Waals surface area contributed by atoms with Crippen LogP contribution in [0.4, 0.5) is 10.1 Å². The monoisotopic (exact) mass is 498 g/mol. The van der Waals surface area contributed by atoms with Gasteiger partial charge in [-0.25, -0.2) is 9.38 Å². The summed E-state index contributed by atoms with van der Waals surface area (Å²) in [7, 11) is 0. The van der Waals surface area contributed by atoms with Crippen molar-refractivity contribution in [3.63, 3.8) is 0 Å². The quantitative estimate of drug-likeness (QED) is 0.396. The van der Waals surface area contributed by atoms with Gasteiger partial charge in [0.1, 0.15) is 17.3 Å². The van der Waals surface area contributed by atoms with Crippen molar-refractivity contribution in [1.29, 1.82) is 0 Å². The molecule has 0 aromatic heterocycles. The molecule has 0 radical (unpaired) electrons. The number of carbonyl (C=O) groups excluding carboxylic acids is 1. The van der Waals surface area contributed by atoms with Crippen LogP contribution in [0.1, 0.15) is 11.1 Å². The fraction of sp³-hybridized carbons (Fsp3) is 0. The largest absolute Gasteiger partial charge is 0.282 e. The molecule has 1 heterocycles. The second-order valence-corrected chi connectivity index (χ2v) is 7.88. The molecule has 1 aliphatic rings. The number of anilines is 1. The Bertz CT molecular complexity index is 1110. The summed E-state index contributed by atoms with van der Waals surface area (Å²) in [6.07, 6.45) is 1.75. The lowest BCUT2D eigenvalue weighted by atomic mass is 10.1. The maximum atomic E-state index is 13.4. The first kappa shape index (κ1) is 18.8. The lowest BCUT2D eigenvalue weighted by Crippen LogP contribution is -2.32. The van der Waals surface area contributed by atoms with Crippen LogP contribution >= 0.6 is 31.9 Å². The molecular formula is C22H13Br2FN2O. The van der Waals surface area contributed by atoms with Crippen LogP contribution in [0.15, 0.2) is 92.4 Å². The number of carbonyl (C=O) groups is 1. The van der Waals surface area contributed by atoms with Gasteiger partial charge in [0.2, 0.25) is 0 Å². The molecule has 0 saturated carbocycles. The van der Waals surface area contributed by atoms with Crippen molar-refractivity contribution in [2.24, 2.45) is 4.99 Å². The van der Waals surface area contributed by atoms with Gasteiger partial charge in [0, 0.05) is 14.5 Å². The van der Waals surface area contributed by atoms with E-state index in [-0.39, 0.29) is 11.7 Å². The number of halogens is 3. The Balaban J connectivity index is 1.84. The third kappa shape index (κ3) is 3.70. The molecule has 3 aromatic rings. The molecule has 0 N–H and O–H groups in total. The topological polar surface area (TPSA) is 32.7 Å². The SMILES string of the molecule is O=C1/C(=C\c2ccc(Br)cc2)N=C(c2ccccc2Br)N1c1ccc(F)cc1. The number of hydrogen-bond donors (Lipinski definition) is 0. The minimum Gasteiger partial charge on any atom is -0.266 e. The van der Waals surface area contributed by atoms with Gasteiger partial charge in [-0.15, -0.1) is 0 Å². The Morgan fingerprint density at radius 3 is 2.25 bits per heavy atom. The number of aliphatic imine (C=N–C) groups is 1. The van der Waals surface area contributed by atoms with Crippen molar-refractivity contribution in [3.05, 3.63) is 104 Å². The Hall–Kier alpha value is -2.57. The summed E-state index contributed by atoms with van der Waals surface area (Å²) in [6.45, 7) is 0. The van der Waals surface area contributed by atoms with Crippen LogP contribution in [0.2, 0.25) is 0 Å². The maximum Gasteiger partial charge on any atom is 0.282 e.